The summed E-state index contributed by atoms with van der Waals surface area (Å²) in [5.41, 5.74) is 0. The maximum absolute atomic E-state index is 11.5. The molecule has 1 saturated heterocycles. The quantitative estimate of drug-likeness (QED) is 0.614. The van der Waals surface area contributed by atoms with Gasteiger partial charge in [0, 0.05) is 25.8 Å². The Bertz CT molecular complexity index is 307. The second-order valence-corrected chi connectivity index (χ2v) is 3.49. The van der Waals surface area contributed by atoms with Crippen LogP contribution in [0.4, 0.5) is 0 Å². The van der Waals surface area contributed by atoms with Gasteiger partial charge in [-0.3, -0.25) is 4.79 Å². The molecule has 0 saturated carbocycles. The summed E-state index contributed by atoms with van der Waals surface area (Å²) in [5, 5.41) is 18.1. The van der Waals surface area contributed by atoms with Crippen LogP contribution in [0.2, 0.25) is 0 Å². The SMILES string of the molecule is C#CCCC(=O)N1CC(O)C[C@H]1C(=O)O. The summed E-state index contributed by atoms with van der Waals surface area (Å²) >= 11 is 0. The summed E-state index contributed by atoms with van der Waals surface area (Å²) in [5.74, 6) is 0.929. The highest BCUT2D eigenvalue weighted by molar-refractivity contribution is 5.84. The van der Waals surface area contributed by atoms with E-state index in [1.807, 2.05) is 0 Å². The average Bonchev–Trinajstić information content (AvgIpc) is 2.57. The van der Waals surface area contributed by atoms with Crippen molar-refractivity contribution in [2.24, 2.45) is 0 Å². The number of hydrogen-bond acceptors (Lipinski definition) is 3. The molecular formula is C10H13NO4. The zero-order chi connectivity index (χ0) is 11.4. The number of carbonyl (C=O) groups excluding carboxylic acids is 1. The van der Waals surface area contributed by atoms with Gasteiger partial charge >= 0.3 is 5.97 Å². The third kappa shape index (κ3) is 2.70. The van der Waals surface area contributed by atoms with Crippen LogP contribution in [0.5, 0.6) is 0 Å². The number of nitrogens with zero attached hydrogens (tertiary/aromatic N) is 1. The molecule has 1 fully saturated rings. The van der Waals surface area contributed by atoms with Crippen molar-refractivity contribution in [2.45, 2.75) is 31.4 Å². The Morgan fingerprint density at radius 1 is 1.53 bits per heavy atom. The molecule has 0 spiro atoms. The minimum absolute atomic E-state index is 0.0837. The number of amides is 1. The minimum Gasteiger partial charge on any atom is -0.480 e. The Labute approximate surface area is 87.7 Å². The largest absolute Gasteiger partial charge is 0.480 e. The van der Waals surface area contributed by atoms with E-state index in [9.17, 15) is 14.7 Å². The summed E-state index contributed by atoms with van der Waals surface area (Å²) in [7, 11) is 0. The van der Waals surface area contributed by atoms with E-state index < -0.39 is 18.1 Å². The first-order chi connectivity index (χ1) is 7.06. The smallest absolute Gasteiger partial charge is 0.326 e. The van der Waals surface area contributed by atoms with Crippen molar-refractivity contribution in [2.75, 3.05) is 6.54 Å². The maximum Gasteiger partial charge on any atom is 0.326 e. The molecule has 1 aliphatic heterocycles. The number of carboxylic acid groups (broad SMARTS) is 1. The van der Waals surface area contributed by atoms with E-state index in [2.05, 4.69) is 5.92 Å². The Morgan fingerprint density at radius 3 is 2.73 bits per heavy atom. The molecule has 82 valence electrons. The predicted molar refractivity (Wildman–Crippen MR) is 51.8 cm³/mol. The topological polar surface area (TPSA) is 77.8 Å². The predicted octanol–water partition coefficient (Wildman–Crippen LogP) is -0.554. The first-order valence-electron chi connectivity index (χ1n) is 4.70. The highest BCUT2D eigenvalue weighted by atomic mass is 16.4. The lowest BCUT2D eigenvalue weighted by Crippen LogP contribution is -2.40. The van der Waals surface area contributed by atoms with E-state index in [0.29, 0.717) is 0 Å². The molecular weight excluding hydrogens is 198 g/mol. The molecule has 0 bridgehead atoms. The number of likely N-dealkylation sites (tertiary alicyclic amines) is 1. The van der Waals surface area contributed by atoms with Crippen molar-refractivity contribution in [1.29, 1.82) is 0 Å². The van der Waals surface area contributed by atoms with Crippen molar-refractivity contribution in [1.82, 2.24) is 4.90 Å². The zero-order valence-corrected chi connectivity index (χ0v) is 8.22. The lowest BCUT2D eigenvalue weighted by molar-refractivity contribution is -0.148. The van der Waals surface area contributed by atoms with Crippen LogP contribution in [0.25, 0.3) is 0 Å². The number of carbonyl (C=O) groups is 2. The summed E-state index contributed by atoms with van der Waals surface area (Å²) in [6.45, 7) is 0.0837. The van der Waals surface area contributed by atoms with E-state index in [4.69, 9.17) is 11.5 Å². The number of aliphatic hydroxyl groups is 1. The molecule has 0 aliphatic carbocycles. The number of rotatable bonds is 3. The Morgan fingerprint density at radius 2 is 2.20 bits per heavy atom. The van der Waals surface area contributed by atoms with Gasteiger partial charge in [-0.05, 0) is 0 Å². The fraction of sp³-hybridized carbons (Fsp3) is 0.600. The van der Waals surface area contributed by atoms with Gasteiger partial charge in [0.2, 0.25) is 5.91 Å². The molecule has 0 aromatic heterocycles. The van der Waals surface area contributed by atoms with E-state index in [1.54, 1.807) is 0 Å². The van der Waals surface area contributed by atoms with Crippen LogP contribution >= 0.6 is 0 Å². The number of carboxylic acids is 1. The van der Waals surface area contributed by atoms with Gasteiger partial charge in [0.1, 0.15) is 6.04 Å². The fourth-order valence-electron chi connectivity index (χ4n) is 1.65. The number of aliphatic hydroxyl groups excluding tert-OH is 1. The summed E-state index contributed by atoms with van der Waals surface area (Å²) in [4.78, 5) is 23.5. The highest BCUT2D eigenvalue weighted by Crippen LogP contribution is 2.19. The second kappa shape index (κ2) is 4.80. The van der Waals surface area contributed by atoms with E-state index >= 15 is 0 Å². The van der Waals surface area contributed by atoms with Crippen molar-refractivity contribution >= 4 is 11.9 Å². The van der Waals surface area contributed by atoms with Crippen LogP contribution in [0.15, 0.2) is 0 Å². The number of terminal acetylenes is 1. The summed E-state index contributed by atoms with van der Waals surface area (Å²) < 4.78 is 0. The lowest BCUT2D eigenvalue weighted by atomic mass is 10.2. The van der Waals surface area contributed by atoms with Crippen molar-refractivity contribution < 1.29 is 19.8 Å². The van der Waals surface area contributed by atoms with Crippen LogP contribution in [-0.4, -0.2) is 45.7 Å². The monoisotopic (exact) mass is 211 g/mol. The van der Waals surface area contributed by atoms with Gasteiger partial charge in [-0.15, -0.1) is 12.3 Å². The first kappa shape index (κ1) is 11.5. The number of hydrogen-bond donors (Lipinski definition) is 2. The zero-order valence-electron chi connectivity index (χ0n) is 8.22. The van der Waals surface area contributed by atoms with Gasteiger partial charge < -0.3 is 15.1 Å². The van der Waals surface area contributed by atoms with Gasteiger partial charge in [0.05, 0.1) is 6.10 Å². The van der Waals surface area contributed by atoms with Crippen LogP contribution in [0, 0.1) is 12.3 Å². The Balaban J connectivity index is 2.63. The molecule has 1 heterocycles. The molecule has 0 radical (unpaired) electrons. The Kier molecular flexibility index (Phi) is 3.69. The molecule has 1 aliphatic rings. The molecule has 2 N–H and O–H groups in total. The molecule has 1 rings (SSSR count). The maximum atomic E-state index is 11.5. The van der Waals surface area contributed by atoms with Crippen LogP contribution < -0.4 is 0 Å². The van der Waals surface area contributed by atoms with Gasteiger partial charge in [0.15, 0.2) is 0 Å². The standard InChI is InChI=1S/C10H13NO4/c1-2-3-4-9(13)11-6-7(12)5-8(11)10(14)15/h1,7-8,12H,3-6H2,(H,14,15)/t7?,8-/m0/s1. The van der Waals surface area contributed by atoms with E-state index in [1.165, 1.54) is 4.90 Å². The molecule has 1 amide bonds. The molecule has 2 atom stereocenters. The minimum atomic E-state index is -1.08. The fourth-order valence-corrected chi connectivity index (χ4v) is 1.65. The van der Waals surface area contributed by atoms with Crippen molar-refractivity contribution in [3.8, 4) is 12.3 Å². The molecule has 15 heavy (non-hydrogen) atoms. The molecule has 0 aromatic rings. The van der Waals surface area contributed by atoms with E-state index in [0.717, 1.165) is 0 Å². The molecule has 0 aromatic carbocycles. The highest BCUT2D eigenvalue weighted by Gasteiger charge is 2.38. The molecule has 5 heteroatoms. The lowest BCUT2D eigenvalue weighted by Gasteiger charge is -2.20. The van der Waals surface area contributed by atoms with Gasteiger partial charge in [0.25, 0.3) is 0 Å². The van der Waals surface area contributed by atoms with Gasteiger partial charge in [-0.2, -0.15) is 0 Å². The van der Waals surface area contributed by atoms with Crippen LogP contribution in [-0.2, 0) is 9.59 Å². The second-order valence-electron chi connectivity index (χ2n) is 3.49. The molecule has 5 nitrogen and oxygen atoms in total. The van der Waals surface area contributed by atoms with Crippen molar-refractivity contribution in [3.05, 3.63) is 0 Å². The summed E-state index contributed by atoms with van der Waals surface area (Å²) in [6.07, 6.45) is 4.78. The van der Waals surface area contributed by atoms with Crippen LogP contribution in [0.3, 0.4) is 0 Å². The number of β-amino-alcohol motifs (C(OH)–C–C–N with tert-alkyl or cyclic N) is 1. The van der Waals surface area contributed by atoms with Gasteiger partial charge in [-0.25, -0.2) is 4.79 Å². The third-order valence-electron chi connectivity index (χ3n) is 2.37. The third-order valence-corrected chi connectivity index (χ3v) is 2.37. The number of aliphatic carboxylic acids is 1. The first-order valence-corrected chi connectivity index (χ1v) is 4.70. The molecule has 1 unspecified atom stereocenters. The Hall–Kier alpha value is -1.54. The van der Waals surface area contributed by atoms with Gasteiger partial charge in [-0.1, -0.05) is 0 Å². The van der Waals surface area contributed by atoms with Crippen molar-refractivity contribution in [3.63, 3.8) is 0 Å². The summed E-state index contributed by atoms with van der Waals surface area (Å²) in [6, 6.07) is -0.912. The van der Waals surface area contributed by atoms with Crippen LogP contribution in [0.1, 0.15) is 19.3 Å². The normalized spacial score (nSPS) is 24.9. The average molecular weight is 211 g/mol. The van der Waals surface area contributed by atoms with E-state index in [-0.39, 0.29) is 31.7 Å².